The maximum absolute atomic E-state index is 2.78. The zero-order valence-electron chi connectivity index (χ0n) is 45.9. The van der Waals surface area contributed by atoms with Crippen LogP contribution in [0.2, 0.25) is 0 Å². The van der Waals surface area contributed by atoms with Gasteiger partial charge in [-0.1, -0.05) is 215 Å². The molecule has 0 aliphatic carbocycles. The van der Waals surface area contributed by atoms with Crippen molar-refractivity contribution in [1.82, 2.24) is 0 Å². The second kappa shape index (κ2) is 16.5. The van der Waals surface area contributed by atoms with Crippen LogP contribution in [0.3, 0.4) is 0 Å². The van der Waals surface area contributed by atoms with Crippen LogP contribution in [0.15, 0.2) is 188 Å². The van der Waals surface area contributed by atoms with Crippen LogP contribution >= 0.6 is 0 Å². The molecule has 368 valence electrons. The van der Waals surface area contributed by atoms with Crippen molar-refractivity contribution in [3.05, 3.63) is 210 Å². The quantitative estimate of drug-likeness (QED) is 0.154. The van der Waals surface area contributed by atoms with Gasteiger partial charge in [-0.2, -0.15) is 0 Å². The number of benzene rings is 9. The van der Waals surface area contributed by atoms with Crippen LogP contribution in [-0.4, -0.2) is 13.4 Å². The van der Waals surface area contributed by atoms with Crippen molar-refractivity contribution >= 4 is 97.4 Å². The van der Waals surface area contributed by atoms with Gasteiger partial charge in [-0.25, -0.2) is 0 Å². The predicted octanol–water partition coefficient (Wildman–Crippen LogP) is 14.9. The number of fused-ring (bicyclic) bond motifs is 10. The lowest BCUT2D eigenvalue weighted by atomic mass is 9.32. The van der Waals surface area contributed by atoms with Gasteiger partial charge < -0.3 is 14.7 Å². The molecule has 75 heavy (non-hydrogen) atoms. The normalized spacial score (nSPS) is 13.8. The van der Waals surface area contributed by atoms with Gasteiger partial charge in [0.25, 0.3) is 6.71 Å². The lowest BCUT2D eigenvalue weighted by molar-refractivity contribution is 0.589. The summed E-state index contributed by atoms with van der Waals surface area (Å²) in [5, 5.41) is 0. The van der Waals surface area contributed by atoms with Gasteiger partial charge in [-0.15, -0.1) is 0 Å². The molecule has 0 atom stereocenters. The lowest BCUT2D eigenvalue weighted by Crippen LogP contribution is -2.63. The van der Waals surface area contributed by atoms with Crippen LogP contribution in [0.4, 0.5) is 51.2 Å². The van der Waals surface area contributed by atoms with Crippen molar-refractivity contribution in [2.45, 2.75) is 105 Å². The molecule has 9 aromatic carbocycles. The van der Waals surface area contributed by atoms with E-state index in [1.165, 1.54) is 100 Å². The third-order valence-corrected chi connectivity index (χ3v) is 16.8. The monoisotopic (exact) mass is 972 g/mol. The molecule has 0 aromatic heterocycles. The number of rotatable bonds is 6. The van der Waals surface area contributed by atoms with E-state index in [1.54, 1.807) is 0 Å². The topological polar surface area (TPSA) is 9.72 Å². The highest BCUT2D eigenvalue weighted by atomic mass is 15.2. The molecule has 0 bridgehead atoms. The summed E-state index contributed by atoms with van der Waals surface area (Å²) in [6.45, 7) is 28.4. The Kier molecular flexibility index (Phi) is 10.4. The first kappa shape index (κ1) is 47.2. The summed E-state index contributed by atoms with van der Waals surface area (Å²) in [5.41, 5.74) is 29.5. The van der Waals surface area contributed by atoms with Crippen molar-refractivity contribution in [3.63, 3.8) is 0 Å². The Morgan fingerprint density at radius 3 is 1.08 bits per heavy atom. The average Bonchev–Trinajstić information content (AvgIpc) is 3.97. The smallest absolute Gasteiger partial charge is 0.251 e. The van der Waals surface area contributed by atoms with E-state index in [4.69, 9.17) is 0 Å². The van der Waals surface area contributed by atoms with Crippen molar-refractivity contribution < 1.29 is 0 Å². The Bertz CT molecular complexity index is 3660. The molecule has 4 aliphatic rings. The molecule has 0 unspecified atom stereocenters. The van der Waals surface area contributed by atoms with Crippen LogP contribution < -0.4 is 47.5 Å². The Balaban J connectivity index is 1.28. The number of nitrogens with zero attached hydrogens (tertiary/aromatic N) is 3. The molecule has 0 amide bonds. The van der Waals surface area contributed by atoms with Crippen LogP contribution in [0.1, 0.15) is 105 Å². The Morgan fingerprint density at radius 2 is 0.680 bits per heavy atom. The second-order valence-corrected chi connectivity index (χ2v) is 25.8. The van der Waals surface area contributed by atoms with Gasteiger partial charge in [0.05, 0.1) is 11.4 Å². The van der Waals surface area contributed by atoms with E-state index in [2.05, 4.69) is 286 Å². The molecule has 3 nitrogen and oxygen atoms in total. The summed E-state index contributed by atoms with van der Waals surface area (Å²) >= 11 is 0. The molecule has 4 aliphatic heterocycles. The van der Waals surface area contributed by atoms with E-state index in [0.717, 1.165) is 28.4 Å². The van der Waals surface area contributed by atoms with Gasteiger partial charge in [-0.05, 0) is 155 Å². The van der Waals surface area contributed by atoms with Gasteiger partial charge in [-0.3, -0.25) is 0 Å². The minimum absolute atomic E-state index is 0.0166. The number of anilines is 9. The highest BCUT2D eigenvalue weighted by molar-refractivity contribution is 7.06. The number of para-hydroxylation sites is 4. The molecule has 0 spiro atoms. The second-order valence-electron chi connectivity index (χ2n) is 25.8. The highest BCUT2D eigenvalue weighted by Gasteiger charge is 2.53. The van der Waals surface area contributed by atoms with Gasteiger partial charge in [0, 0.05) is 39.8 Å². The first-order chi connectivity index (χ1) is 35.8. The molecule has 5 heteroatoms. The largest absolute Gasteiger partial charge is 0.312 e. The number of hydrogen-bond donors (Lipinski definition) is 0. The standard InChI is InChI=1S/C70H67B2N3/c1-67(2,3)44-33-35-56-52(37-44)54-39-46(69(7,8)9)41-59-62(54)71(56)58-43-61(73(48-25-17-13-18-26-48)49-27-19-14-20-28-49)66(74(50-29-21-15-22-30-50)51-31-23-16-24-32-51)64-65(58)75(59)60-42-47(70(10,11)12)40-55-53-38-45(68(4,5)6)34-36-57(53)72(64)63(55)60/h13-43H,1-12H3. The van der Waals surface area contributed by atoms with Crippen LogP contribution in [0, 0.1) is 0 Å². The zero-order valence-corrected chi connectivity index (χ0v) is 45.9. The molecule has 0 radical (unpaired) electrons. The van der Waals surface area contributed by atoms with Gasteiger partial charge in [0.15, 0.2) is 0 Å². The first-order valence-corrected chi connectivity index (χ1v) is 27.3. The van der Waals surface area contributed by atoms with Crippen molar-refractivity contribution in [2.75, 3.05) is 14.7 Å². The first-order valence-electron chi connectivity index (χ1n) is 27.3. The molecule has 13 rings (SSSR count). The van der Waals surface area contributed by atoms with Crippen LogP contribution in [0.5, 0.6) is 0 Å². The Hall–Kier alpha value is -7.49. The summed E-state index contributed by atoms with van der Waals surface area (Å²) in [7, 11) is 0. The van der Waals surface area contributed by atoms with Gasteiger partial charge in [0.2, 0.25) is 6.71 Å². The minimum atomic E-state index is -0.111. The van der Waals surface area contributed by atoms with Crippen molar-refractivity contribution in [2.24, 2.45) is 0 Å². The summed E-state index contributed by atoms with van der Waals surface area (Å²) < 4.78 is 0. The number of hydrogen-bond acceptors (Lipinski definition) is 3. The van der Waals surface area contributed by atoms with E-state index < -0.39 is 0 Å². The molecule has 0 saturated heterocycles. The molecule has 0 N–H and O–H groups in total. The predicted molar refractivity (Wildman–Crippen MR) is 325 cm³/mol. The highest BCUT2D eigenvalue weighted by Crippen LogP contribution is 2.53. The van der Waals surface area contributed by atoms with Crippen LogP contribution in [-0.2, 0) is 21.7 Å². The third kappa shape index (κ3) is 7.32. The summed E-state index contributed by atoms with van der Waals surface area (Å²) in [5.74, 6) is 0. The van der Waals surface area contributed by atoms with Gasteiger partial charge >= 0.3 is 0 Å². The van der Waals surface area contributed by atoms with Crippen molar-refractivity contribution in [3.8, 4) is 22.3 Å². The van der Waals surface area contributed by atoms with E-state index >= 15 is 0 Å². The fourth-order valence-electron chi connectivity index (χ4n) is 12.9. The molecular formula is C70H67B2N3. The SMILES string of the molecule is CC(C)(C)c1ccc2c(c1)-c1cc(C(C)(C)C)cc3c1B2c1cc(N(c2ccccc2)c2ccccc2)c(N(c2ccccc2)c2ccccc2)c2c1N3c1cc(C(C)(C)C)cc3c1B2c1ccc(C(C)(C)C)cc1-3. The summed E-state index contributed by atoms with van der Waals surface area (Å²) in [6, 6.07) is 72.3. The molecule has 4 heterocycles. The Labute approximate surface area is 447 Å². The molecule has 0 fully saturated rings. The fraction of sp³-hybridized carbons (Fsp3) is 0.229. The average molecular weight is 972 g/mol. The Morgan fingerprint density at radius 1 is 0.320 bits per heavy atom. The summed E-state index contributed by atoms with van der Waals surface area (Å²) in [4.78, 5) is 7.91. The fourth-order valence-corrected chi connectivity index (χ4v) is 12.9. The summed E-state index contributed by atoms with van der Waals surface area (Å²) in [6.07, 6.45) is 0. The lowest BCUT2D eigenvalue weighted by Gasteiger charge is -2.46. The van der Waals surface area contributed by atoms with Crippen LogP contribution in [0.25, 0.3) is 22.3 Å². The zero-order chi connectivity index (χ0) is 52.1. The van der Waals surface area contributed by atoms with E-state index in [-0.39, 0.29) is 35.1 Å². The van der Waals surface area contributed by atoms with Gasteiger partial charge in [0.1, 0.15) is 0 Å². The molecular weight excluding hydrogens is 904 g/mol. The maximum atomic E-state index is 2.78. The van der Waals surface area contributed by atoms with E-state index in [1.807, 2.05) is 0 Å². The molecule has 0 saturated carbocycles. The third-order valence-electron chi connectivity index (χ3n) is 16.8. The molecule has 9 aromatic rings. The maximum Gasteiger partial charge on any atom is 0.251 e. The van der Waals surface area contributed by atoms with E-state index in [0.29, 0.717) is 0 Å². The van der Waals surface area contributed by atoms with Crippen molar-refractivity contribution in [1.29, 1.82) is 0 Å². The van der Waals surface area contributed by atoms with E-state index in [9.17, 15) is 0 Å². The minimum Gasteiger partial charge on any atom is -0.312 e.